The van der Waals surface area contributed by atoms with E-state index in [0.29, 0.717) is 18.8 Å². The molecule has 5 heteroatoms. The van der Waals surface area contributed by atoms with Gasteiger partial charge in [-0.1, -0.05) is 6.07 Å². The molecule has 1 aliphatic heterocycles. The van der Waals surface area contributed by atoms with Crippen LogP contribution in [0.5, 0.6) is 0 Å². The van der Waals surface area contributed by atoms with E-state index in [1.807, 2.05) is 4.90 Å². The van der Waals surface area contributed by atoms with E-state index < -0.39 is 11.6 Å². The molecule has 1 fully saturated rings. The molecule has 0 bridgehead atoms. The van der Waals surface area contributed by atoms with Crippen molar-refractivity contribution in [1.29, 1.82) is 0 Å². The lowest BCUT2D eigenvalue weighted by molar-refractivity contribution is 0.0818. The number of hydrogen-bond acceptors (Lipinski definition) is 3. The topological polar surface area (TPSA) is 38.5 Å². The maximum atomic E-state index is 13.9. The molecule has 100 valence electrons. The molecule has 18 heavy (non-hydrogen) atoms. The maximum absolute atomic E-state index is 13.9. The Bertz CT molecular complexity index is 418. The Morgan fingerprint density at radius 2 is 1.94 bits per heavy atom. The van der Waals surface area contributed by atoms with Gasteiger partial charge < -0.3 is 15.4 Å². The molecular weight excluding hydrogens is 238 g/mol. The number of hydrogen-bond donors (Lipinski definition) is 1. The fourth-order valence-corrected chi connectivity index (χ4v) is 2.31. The smallest absolute Gasteiger partial charge is 0.182 e. The lowest BCUT2D eigenvalue weighted by atomic mass is 10.1. The highest BCUT2D eigenvalue weighted by Crippen LogP contribution is 2.27. The van der Waals surface area contributed by atoms with Crippen LogP contribution >= 0.6 is 0 Å². The van der Waals surface area contributed by atoms with Gasteiger partial charge in [0.05, 0.1) is 11.8 Å². The number of piperidine rings is 1. The van der Waals surface area contributed by atoms with Crippen LogP contribution in [0.2, 0.25) is 0 Å². The molecule has 1 aliphatic rings. The van der Waals surface area contributed by atoms with Gasteiger partial charge in [0, 0.05) is 32.3 Å². The van der Waals surface area contributed by atoms with E-state index in [2.05, 4.69) is 0 Å². The average molecular weight is 256 g/mol. The first-order valence-electron chi connectivity index (χ1n) is 6.12. The largest absolute Gasteiger partial charge is 0.381 e. The molecule has 1 aromatic carbocycles. The van der Waals surface area contributed by atoms with Gasteiger partial charge in [0.1, 0.15) is 0 Å². The van der Waals surface area contributed by atoms with Gasteiger partial charge in [-0.3, -0.25) is 0 Å². The first kappa shape index (κ1) is 13.2. The normalized spacial score (nSPS) is 17.2. The third-order valence-electron chi connectivity index (χ3n) is 3.48. The van der Waals surface area contributed by atoms with E-state index in [4.69, 9.17) is 10.5 Å². The second-order valence-electron chi connectivity index (χ2n) is 4.50. The van der Waals surface area contributed by atoms with Crippen LogP contribution in [0, 0.1) is 11.6 Å². The summed E-state index contributed by atoms with van der Waals surface area (Å²) in [7, 11) is 1.68. The van der Waals surface area contributed by atoms with Crippen LogP contribution in [0.4, 0.5) is 14.5 Å². The van der Waals surface area contributed by atoms with Gasteiger partial charge in [0.25, 0.3) is 0 Å². The van der Waals surface area contributed by atoms with E-state index in [1.165, 1.54) is 0 Å². The van der Waals surface area contributed by atoms with Crippen molar-refractivity contribution in [1.82, 2.24) is 0 Å². The van der Waals surface area contributed by atoms with Crippen LogP contribution in [0.3, 0.4) is 0 Å². The maximum Gasteiger partial charge on any atom is 0.182 e. The quantitative estimate of drug-likeness (QED) is 0.899. The summed E-state index contributed by atoms with van der Waals surface area (Å²) in [5.74, 6) is -1.63. The Morgan fingerprint density at radius 1 is 1.28 bits per heavy atom. The second kappa shape index (κ2) is 5.63. The van der Waals surface area contributed by atoms with Crippen LogP contribution in [-0.4, -0.2) is 26.3 Å². The zero-order valence-corrected chi connectivity index (χ0v) is 10.5. The summed E-state index contributed by atoms with van der Waals surface area (Å²) in [6.07, 6.45) is 1.88. The number of methoxy groups -OCH3 is 1. The van der Waals surface area contributed by atoms with Crippen molar-refractivity contribution in [3.8, 4) is 0 Å². The van der Waals surface area contributed by atoms with Gasteiger partial charge in [0.15, 0.2) is 11.6 Å². The number of halogens is 2. The lowest BCUT2D eigenvalue weighted by Crippen LogP contribution is -2.37. The molecule has 0 amide bonds. The standard InChI is InChI=1S/C13H18F2N2O/c1-18-10-4-6-17(7-5-10)11-3-2-9(8-16)12(14)13(11)15/h2-3,10H,4-8,16H2,1H3. The van der Waals surface area contributed by atoms with E-state index >= 15 is 0 Å². The number of nitrogens with zero attached hydrogens (tertiary/aromatic N) is 1. The van der Waals surface area contributed by atoms with Gasteiger partial charge in [-0.15, -0.1) is 0 Å². The van der Waals surface area contributed by atoms with E-state index in [-0.39, 0.29) is 18.2 Å². The molecule has 2 N–H and O–H groups in total. The van der Waals surface area contributed by atoms with Gasteiger partial charge in [-0.2, -0.15) is 0 Å². The summed E-state index contributed by atoms with van der Waals surface area (Å²) in [6, 6.07) is 3.16. The van der Waals surface area contributed by atoms with Crippen LogP contribution in [0.15, 0.2) is 12.1 Å². The highest BCUT2D eigenvalue weighted by atomic mass is 19.2. The first-order chi connectivity index (χ1) is 8.67. The number of rotatable bonds is 3. The highest BCUT2D eigenvalue weighted by molar-refractivity contribution is 5.50. The molecule has 1 saturated heterocycles. The van der Waals surface area contributed by atoms with Crippen LogP contribution < -0.4 is 10.6 Å². The van der Waals surface area contributed by atoms with Gasteiger partial charge >= 0.3 is 0 Å². The molecule has 0 unspecified atom stereocenters. The summed E-state index contributed by atoms with van der Waals surface area (Å²) in [6.45, 7) is 1.36. The minimum atomic E-state index is -0.830. The Balaban J connectivity index is 2.17. The average Bonchev–Trinajstić information content (AvgIpc) is 2.42. The molecule has 1 heterocycles. The molecule has 0 radical (unpaired) electrons. The molecule has 0 saturated carbocycles. The Hall–Kier alpha value is -1.20. The van der Waals surface area contributed by atoms with Crippen molar-refractivity contribution in [3.05, 3.63) is 29.3 Å². The summed E-state index contributed by atoms with van der Waals surface area (Å²) >= 11 is 0. The van der Waals surface area contributed by atoms with Gasteiger partial charge in [0.2, 0.25) is 0 Å². The molecule has 0 atom stereocenters. The number of nitrogens with two attached hydrogens (primary N) is 1. The molecule has 1 aromatic rings. The zero-order valence-electron chi connectivity index (χ0n) is 10.5. The van der Waals surface area contributed by atoms with Crippen molar-refractivity contribution in [3.63, 3.8) is 0 Å². The number of benzene rings is 1. The Labute approximate surface area is 106 Å². The number of anilines is 1. The SMILES string of the molecule is COC1CCN(c2ccc(CN)c(F)c2F)CC1. The van der Waals surface area contributed by atoms with E-state index in [0.717, 1.165) is 12.8 Å². The van der Waals surface area contributed by atoms with Gasteiger partial charge in [-0.05, 0) is 18.9 Å². The predicted octanol–water partition coefficient (Wildman–Crippen LogP) is 2.04. The van der Waals surface area contributed by atoms with Gasteiger partial charge in [-0.25, -0.2) is 8.78 Å². The number of ether oxygens (including phenoxy) is 1. The van der Waals surface area contributed by atoms with Crippen LogP contribution in [0.1, 0.15) is 18.4 Å². The summed E-state index contributed by atoms with van der Waals surface area (Å²) in [5, 5.41) is 0. The summed E-state index contributed by atoms with van der Waals surface area (Å²) < 4.78 is 32.8. The monoisotopic (exact) mass is 256 g/mol. The third-order valence-corrected chi connectivity index (χ3v) is 3.48. The zero-order chi connectivity index (χ0) is 13.1. The van der Waals surface area contributed by atoms with E-state index in [1.54, 1.807) is 19.2 Å². The first-order valence-corrected chi connectivity index (χ1v) is 6.12. The van der Waals surface area contributed by atoms with Crippen molar-refractivity contribution < 1.29 is 13.5 Å². The van der Waals surface area contributed by atoms with Crippen LogP contribution in [-0.2, 0) is 11.3 Å². The molecule has 0 aromatic heterocycles. The molecule has 2 rings (SSSR count). The Morgan fingerprint density at radius 3 is 2.50 bits per heavy atom. The minimum Gasteiger partial charge on any atom is -0.381 e. The van der Waals surface area contributed by atoms with Crippen molar-refractivity contribution >= 4 is 5.69 Å². The summed E-state index contributed by atoms with van der Waals surface area (Å²) in [4.78, 5) is 1.86. The molecule has 0 spiro atoms. The predicted molar refractivity (Wildman–Crippen MR) is 66.5 cm³/mol. The molecular formula is C13H18F2N2O. The summed E-state index contributed by atoms with van der Waals surface area (Å²) in [5.41, 5.74) is 5.88. The molecule has 0 aliphatic carbocycles. The van der Waals surface area contributed by atoms with Crippen molar-refractivity contribution in [2.75, 3.05) is 25.1 Å². The van der Waals surface area contributed by atoms with Crippen LogP contribution in [0.25, 0.3) is 0 Å². The fourth-order valence-electron chi connectivity index (χ4n) is 2.31. The molecule has 3 nitrogen and oxygen atoms in total. The van der Waals surface area contributed by atoms with E-state index in [9.17, 15) is 8.78 Å². The minimum absolute atomic E-state index is 0.00871. The highest BCUT2D eigenvalue weighted by Gasteiger charge is 2.23. The Kier molecular flexibility index (Phi) is 4.14. The lowest BCUT2D eigenvalue weighted by Gasteiger charge is -2.33. The van der Waals surface area contributed by atoms with Crippen molar-refractivity contribution in [2.24, 2.45) is 5.73 Å². The van der Waals surface area contributed by atoms with Crippen molar-refractivity contribution in [2.45, 2.75) is 25.5 Å². The fraction of sp³-hybridized carbons (Fsp3) is 0.538. The second-order valence-corrected chi connectivity index (χ2v) is 4.50. The third kappa shape index (κ3) is 2.47.